The number of ether oxygens (including phenoxy) is 1. The minimum Gasteiger partial charge on any atom is -0.497 e. The van der Waals surface area contributed by atoms with Crippen LogP contribution in [0.3, 0.4) is 0 Å². The summed E-state index contributed by atoms with van der Waals surface area (Å²) in [5.41, 5.74) is 4.37. The van der Waals surface area contributed by atoms with E-state index in [2.05, 4.69) is 0 Å². The highest BCUT2D eigenvalue weighted by atomic mass is 32.2. The number of anilines is 1. The smallest absolute Gasteiger partial charge is 0.264 e. The Hall–Kier alpha value is -3.32. The lowest BCUT2D eigenvalue weighted by Crippen LogP contribution is -2.37. The number of sulfonamides is 1. The molecule has 0 saturated heterocycles. The molecule has 1 amide bonds. The average molecular weight is 463 g/mol. The van der Waals surface area contributed by atoms with Gasteiger partial charge in [0.05, 0.1) is 17.7 Å². The summed E-state index contributed by atoms with van der Waals surface area (Å²) >= 11 is 0. The average Bonchev–Trinajstić information content (AvgIpc) is 3.19. The van der Waals surface area contributed by atoms with Crippen LogP contribution in [0.1, 0.15) is 34.0 Å². The van der Waals surface area contributed by atoms with E-state index in [1.54, 1.807) is 30.2 Å². The number of carbonyl (C=O) groups excluding carboxylic acids is 1. The number of benzene rings is 3. The van der Waals surface area contributed by atoms with Gasteiger partial charge < -0.3 is 9.64 Å². The van der Waals surface area contributed by atoms with Gasteiger partial charge in [-0.05, 0) is 72.9 Å². The first-order valence-corrected chi connectivity index (χ1v) is 12.5. The summed E-state index contributed by atoms with van der Waals surface area (Å²) in [7, 11) is -2.18. The second-order valence-corrected chi connectivity index (χ2v) is 10.4. The molecule has 0 aromatic heterocycles. The molecule has 6 nitrogen and oxygen atoms in total. The highest BCUT2D eigenvalue weighted by Gasteiger charge is 2.36. The molecule has 2 heterocycles. The molecule has 170 valence electrons. The fraction of sp³-hybridized carbons (Fsp3) is 0.269. The zero-order valence-electron chi connectivity index (χ0n) is 18.7. The second-order valence-electron chi connectivity index (χ2n) is 8.62. The number of carbonyl (C=O) groups is 1. The van der Waals surface area contributed by atoms with Crippen molar-refractivity contribution in [1.82, 2.24) is 4.90 Å². The summed E-state index contributed by atoms with van der Waals surface area (Å²) in [5.74, 6) is 0.589. The number of para-hydroxylation sites is 1. The van der Waals surface area contributed by atoms with Gasteiger partial charge in [0.15, 0.2) is 0 Å². The van der Waals surface area contributed by atoms with Crippen LogP contribution in [0.5, 0.6) is 5.75 Å². The Morgan fingerprint density at radius 3 is 2.61 bits per heavy atom. The fourth-order valence-electron chi connectivity index (χ4n) is 4.82. The fourth-order valence-corrected chi connectivity index (χ4v) is 6.56. The predicted molar refractivity (Wildman–Crippen MR) is 127 cm³/mol. The molecule has 1 unspecified atom stereocenters. The van der Waals surface area contributed by atoms with Crippen molar-refractivity contribution in [2.24, 2.45) is 0 Å². The van der Waals surface area contributed by atoms with Crippen LogP contribution in [0.25, 0.3) is 0 Å². The number of hydrogen-bond acceptors (Lipinski definition) is 4. The lowest BCUT2D eigenvalue weighted by molar-refractivity contribution is 0.0734. The number of hydrogen-bond donors (Lipinski definition) is 0. The third-order valence-electron chi connectivity index (χ3n) is 6.50. The molecule has 5 rings (SSSR count). The first-order valence-electron chi connectivity index (χ1n) is 11.1. The summed E-state index contributed by atoms with van der Waals surface area (Å²) < 4.78 is 34.0. The van der Waals surface area contributed by atoms with Gasteiger partial charge in [0.2, 0.25) is 0 Å². The lowest BCUT2D eigenvalue weighted by Gasteiger charge is -2.29. The van der Waals surface area contributed by atoms with E-state index < -0.39 is 10.0 Å². The van der Waals surface area contributed by atoms with Crippen molar-refractivity contribution in [3.05, 3.63) is 89.0 Å². The molecule has 33 heavy (non-hydrogen) atoms. The van der Waals surface area contributed by atoms with Gasteiger partial charge in [0.25, 0.3) is 15.9 Å². The zero-order chi connectivity index (χ0) is 23.2. The number of nitrogens with zero attached hydrogens (tertiary/aromatic N) is 2. The molecule has 3 aromatic rings. The Morgan fingerprint density at radius 1 is 0.970 bits per heavy atom. The maximum Gasteiger partial charge on any atom is 0.264 e. The Morgan fingerprint density at radius 2 is 1.79 bits per heavy atom. The van der Waals surface area contributed by atoms with Crippen molar-refractivity contribution >= 4 is 21.6 Å². The first-order chi connectivity index (χ1) is 15.9. The van der Waals surface area contributed by atoms with Crippen molar-refractivity contribution in [2.45, 2.75) is 37.2 Å². The van der Waals surface area contributed by atoms with Gasteiger partial charge in [-0.25, -0.2) is 8.42 Å². The Labute approximate surface area is 194 Å². The van der Waals surface area contributed by atoms with Crippen molar-refractivity contribution in [2.75, 3.05) is 18.0 Å². The van der Waals surface area contributed by atoms with Gasteiger partial charge in [-0.3, -0.25) is 9.10 Å². The Balaban J connectivity index is 1.43. The summed E-state index contributed by atoms with van der Waals surface area (Å²) in [4.78, 5) is 15.2. The van der Waals surface area contributed by atoms with E-state index in [0.717, 1.165) is 23.3 Å². The van der Waals surface area contributed by atoms with Crippen molar-refractivity contribution in [1.29, 1.82) is 0 Å². The monoisotopic (exact) mass is 462 g/mol. The van der Waals surface area contributed by atoms with Gasteiger partial charge >= 0.3 is 0 Å². The van der Waals surface area contributed by atoms with E-state index >= 15 is 0 Å². The quantitative estimate of drug-likeness (QED) is 0.587. The molecule has 0 fully saturated rings. The third-order valence-corrected chi connectivity index (χ3v) is 8.42. The first kappa shape index (κ1) is 21.5. The van der Waals surface area contributed by atoms with E-state index in [4.69, 9.17) is 4.74 Å². The van der Waals surface area contributed by atoms with Gasteiger partial charge in [-0.1, -0.05) is 30.3 Å². The molecule has 0 N–H and O–H groups in total. The molecular formula is C26H26N2O4S. The topological polar surface area (TPSA) is 66.9 Å². The van der Waals surface area contributed by atoms with Crippen LogP contribution in [0, 0.1) is 0 Å². The highest BCUT2D eigenvalue weighted by molar-refractivity contribution is 7.92. The summed E-state index contributed by atoms with van der Waals surface area (Å²) in [5, 5.41) is 0. The lowest BCUT2D eigenvalue weighted by atomic mass is 9.99. The van der Waals surface area contributed by atoms with Crippen LogP contribution in [0.4, 0.5) is 5.69 Å². The molecule has 0 bridgehead atoms. The van der Waals surface area contributed by atoms with E-state index in [-0.39, 0.29) is 16.8 Å². The van der Waals surface area contributed by atoms with Crippen molar-refractivity contribution in [3.63, 3.8) is 0 Å². The second kappa shape index (κ2) is 8.23. The molecular weight excluding hydrogens is 436 g/mol. The molecule has 3 aromatic carbocycles. The van der Waals surface area contributed by atoms with Crippen LogP contribution in [-0.2, 0) is 29.4 Å². The van der Waals surface area contributed by atoms with Crippen LogP contribution in [-0.4, -0.2) is 38.9 Å². The van der Waals surface area contributed by atoms with E-state index in [9.17, 15) is 13.2 Å². The molecule has 0 spiro atoms. The number of rotatable bonds is 4. The van der Waals surface area contributed by atoms with Crippen molar-refractivity contribution in [3.8, 4) is 5.75 Å². The number of fused-ring (bicyclic) bond motifs is 2. The predicted octanol–water partition coefficient (Wildman–Crippen LogP) is 4.03. The zero-order valence-corrected chi connectivity index (χ0v) is 19.5. The van der Waals surface area contributed by atoms with E-state index in [1.165, 1.54) is 15.9 Å². The molecule has 2 aliphatic heterocycles. The van der Waals surface area contributed by atoms with E-state index in [1.807, 2.05) is 49.4 Å². The van der Waals surface area contributed by atoms with Gasteiger partial charge in [0, 0.05) is 24.7 Å². The van der Waals surface area contributed by atoms with Crippen LogP contribution in [0.2, 0.25) is 0 Å². The largest absolute Gasteiger partial charge is 0.497 e. The standard InChI is InChI=1S/C26H26N2O4S/c1-18-14-20-6-3-4-9-25(20)28(18)33(30,31)24-8-5-7-21(16-24)26(29)27-13-12-19-10-11-23(32-2)15-22(19)17-27/h3-11,15-16,18H,12-14,17H2,1-2H3. The minimum atomic E-state index is -3.80. The molecule has 7 heteroatoms. The Kier molecular flexibility index (Phi) is 5.37. The van der Waals surface area contributed by atoms with Gasteiger partial charge in [-0.15, -0.1) is 0 Å². The van der Waals surface area contributed by atoms with Gasteiger partial charge in [0.1, 0.15) is 5.75 Å². The van der Waals surface area contributed by atoms with Crippen molar-refractivity contribution < 1.29 is 17.9 Å². The highest BCUT2D eigenvalue weighted by Crippen LogP contribution is 2.36. The maximum absolute atomic E-state index is 13.6. The molecule has 0 radical (unpaired) electrons. The Bertz CT molecular complexity index is 1340. The third kappa shape index (κ3) is 3.76. The van der Waals surface area contributed by atoms with E-state index in [0.29, 0.717) is 30.8 Å². The molecule has 0 aliphatic carbocycles. The summed E-state index contributed by atoms with van der Waals surface area (Å²) in [6, 6.07) is 19.7. The maximum atomic E-state index is 13.6. The number of methoxy groups -OCH3 is 1. The van der Waals surface area contributed by atoms with Crippen LogP contribution in [0.15, 0.2) is 71.6 Å². The van der Waals surface area contributed by atoms with Crippen LogP contribution >= 0.6 is 0 Å². The van der Waals surface area contributed by atoms with Crippen LogP contribution < -0.4 is 9.04 Å². The summed E-state index contributed by atoms with van der Waals surface area (Å²) in [6.45, 7) is 2.97. The molecule has 2 aliphatic rings. The SMILES string of the molecule is COc1ccc2c(c1)CN(C(=O)c1cccc(S(=O)(=O)N3c4ccccc4CC3C)c1)CC2. The van der Waals surface area contributed by atoms with Gasteiger partial charge in [-0.2, -0.15) is 0 Å². The normalized spacial score (nSPS) is 17.5. The minimum absolute atomic E-state index is 0.135. The molecule has 0 saturated carbocycles. The summed E-state index contributed by atoms with van der Waals surface area (Å²) in [6.07, 6.45) is 1.43. The number of amides is 1. The molecule has 1 atom stereocenters.